The van der Waals surface area contributed by atoms with E-state index in [0.717, 1.165) is 25.2 Å². The van der Waals surface area contributed by atoms with E-state index >= 15 is 0 Å². The van der Waals surface area contributed by atoms with Gasteiger partial charge in [-0.25, -0.2) is 0 Å². The maximum absolute atomic E-state index is 10.2. The van der Waals surface area contributed by atoms with Gasteiger partial charge >= 0.3 is 6.41 Å². The molecule has 1 amide bonds. The Kier molecular flexibility index (Phi) is 3.47. The van der Waals surface area contributed by atoms with Crippen molar-refractivity contribution < 1.29 is 9.90 Å². The summed E-state index contributed by atoms with van der Waals surface area (Å²) in [5.74, 6) is 0. The third-order valence-corrected chi connectivity index (χ3v) is 2.91. The van der Waals surface area contributed by atoms with E-state index in [4.69, 9.17) is 5.11 Å². The summed E-state index contributed by atoms with van der Waals surface area (Å²) in [6, 6.07) is 5.92. The molecule has 2 N–H and O–H groups in total. The molecule has 0 saturated carbocycles. The standard InChI is InChI=1S/C12H15N2O2/c15-6-5-14-4-3-10-1-2-12(13-9-16)7-11(10)8-14/h1-2,7,15H,3-6,8H2,(H,13,16)/q+1. The predicted molar refractivity (Wildman–Crippen MR) is 61.8 cm³/mol. The lowest BCUT2D eigenvalue weighted by Crippen LogP contribution is -2.32. The number of β-amino-alcohol motifs (C(OH)–C–C–N with tert-alkyl or cyclic N) is 1. The van der Waals surface area contributed by atoms with Gasteiger partial charge in [0.05, 0.1) is 12.7 Å². The summed E-state index contributed by atoms with van der Waals surface area (Å²) < 4.78 is 0. The van der Waals surface area contributed by atoms with Gasteiger partial charge in [-0.2, -0.15) is 0 Å². The minimum absolute atomic E-state index is 0.190. The van der Waals surface area contributed by atoms with E-state index in [-0.39, 0.29) is 6.61 Å². The van der Waals surface area contributed by atoms with Gasteiger partial charge in [-0.1, -0.05) is 4.79 Å². The van der Waals surface area contributed by atoms with Gasteiger partial charge in [0.15, 0.2) is 5.69 Å². The number of carbonyl (C=O) groups excluding carboxylic acids is 1. The van der Waals surface area contributed by atoms with Crippen LogP contribution in [0.4, 0.5) is 5.69 Å². The van der Waals surface area contributed by atoms with Crippen molar-refractivity contribution in [3.05, 3.63) is 29.3 Å². The summed E-state index contributed by atoms with van der Waals surface area (Å²) in [7, 11) is 0. The van der Waals surface area contributed by atoms with E-state index in [1.807, 2.05) is 18.2 Å². The quantitative estimate of drug-likeness (QED) is 0.573. The van der Waals surface area contributed by atoms with Crippen molar-refractivity contribution in [1.82, 2.24) is 4.90 Å². The topological polar surface area (TPSA) is 52.6 Å². The fourth-order valence-corrected chi connectivity index (χ4v) is 2.08. The Hall–Kier alpha value is -1.48. The average molecular weight is 219 g/mol. The zero-order valence-corrected chi connectivity index (χ0v) is 9.07. The first-order valence-corrected chi connectivity index (χ1v) is 5.41. The molecule has 0 bridgehead atoms. The highest BCUT2D eigenvalue weighted by Gasteiger charge is 2.17. The van der Waals surface area contributed by atoms with E-state index in [1.54, 1.807) is 6.41 Å². The molecule has 1 heterocycles. The van der Waals surface area contributed by atoms with E-state index in [1.165, 1.54) is 11.1 Å². The number of fused-ring (bicyclic) bond motifs is 1. The van der Waals surface area contributed by atoms with Gasteiger partial charge in [0.1, 0.15) is 0 Å². The Morgan fingerprint density at radius 3 is 3.06 bits per heavy atom. The molecule has 0 unspecified atom stereocenters. The summed E-state index contributed by atoms with van der Waals surface area (Å²) in [6.07, 6.45) is 2.67. The van der Waals surface area contributed by atoms with Gasteiger partial charge in [0, 0.05) is 25.7 Å². The molecule has 2 rings (SSSR count). The molecule has 1 aromatic carbocycles. The van der Waals surface area contributed by atoms with Crippen molar-refractivity contribution in [3.63, 3.8) is 0 Å². The number of hydrogen-bond acceptors (Lipinski definition) is 3. The molecule has 0 saturated heterocycles. The van der Waals surface area contributed by atoms with Crippen LogP contribution in [0.5, 0.6) is 0 Å². The van der Waals surface area contributed by atoms with Crippen LogP contribution in [0.15, 0.2) is 18.2 Å². The lowest BCUT2D eigenvalue weighted by molar-refractivity contribution is 0.184. The van der Waals surface area contributed by atoms with Gasteiger partial charge in [-0.3, -0.25) is 4.90 Å². The number of anilines is 1. The van der Waals surface area contributed by atoms with Crippen LogP contribution in [0, 0.1) is 0 Å². The van der Waals surface area contributed by atoms with Crippen LogP contribution in [0.3, 0.4) is 0 Å². The number of amides is 1. The molecule has 0 radical (unpaired) electrons. The molecule has 0 aromatic heterocycles. The van der Waals surface area contributed by atoms with Gasteiger partial charge in [-0.05, 0) is 23.6 Å². The normalized spacial score (nSPS) is 15.3. The Labute approximate surface area is 94.9 Å². The summed E-state index contributed by atoms with van der Waals surface area (Å²) in [5.41, 5.74) is 3.32. The minimum Gasteiger partial charge on any atom is -0.395 e. The molecule has 0 atom stereocenters. The van der Waals surface area contributed by atoms with Gasteiger partial charge in [-0.15, -0.1) is 5.32 Å². The van der Waals surface area contributed by atoms with Crippen LogP contribution in [0.25, 0.3) is 0 Å². The molecule has 1 aliphatic rings. The van der Waals surface area contributed by atoms with Crippen molar-refractivity contribution in [2.75, 3.05) is 25.0 Å². The maximum atomic E-state index is 10.2. The first kappa shape index (κ1) is 11.0. The van der Waals surface area contributed by atoms with Gasteiger partial charge in [0.2, 0.25) is 0 Å². The van der Waals surface area contributed by atoms with E-state index in [2.05, 4.69) is 10.2 Å². The summed E-state index contributed by atoms with van der Waals surface area (Å²) >= 11 is 0. The first-order chi connectivity index (χ1) is 7.83. The number of nitrogens with one attached hydrogen (secondary N) is 1. The molecule has 16 heavy (non-hydrogen) atoms. The third-order valence-electron chi connectivity index (χ3n) is 2.91. The van der Waals surface area contributed by atoms with Crippen LogP contribution in [0.2, 0.25) is 0 Å². The second-order valence-corrected chi connectivity index (χ2v) is 3.96. The minimum atomic E-state index is 0.190. The smallest absolute Gasteiger partial charge is 0.395 e. The first-order valence-electron chi connectivity index (χ1n) is 5.41. The molecule has 4 heteroatoms. The summed E-state index contributed by atoms with van der Waals surface area (Å²) in [5, 5.41) is 11.4. The van der Waals surface area contributed by atoms with Crippen LogP contribution in [0.1, 0.15) is 11.1 Å². The highest BCUT2D eigenvalue weighted by molar-refractivity contribution is 5.72. The lowest BCUT2D eigenvalue weighted by atomic mass is 9.99. The number of aliphatic hydroxyl groups excluding tert-OH is 1. The van der Waals surface area contributed by atoms with E-state index in [9.17, 15) is 4.79 Å². The van der Waals surface area contributed by atoms with Gasteiger partial charge in [0.25, 0.3) is 0 Å². The van der Waals surface area contributed by atoms with Crippen LogP contribution >= 0.6 is 0 Å². The monoisotopic (exact) mass is 219 g/mol. The van der Waals surface area contributed by atoms with Gasteiger partial charge < -0.3 is 5.11 Å². The summed E-state index contributed by atoms with van der Waals surface area (Å²) in [4.78, 5) is 12.4. The number of hydrogen-bond donors (Lipinski definition) is 2. The highest BCUT2D eigenvalue weighted by Crippen LogP contribution is 2.22. The van der Waals surface area contributed by atoms with Crippen molar-refractivity contribution >= 4 is 12.1 Å². The van der Waals surface area contributed by atoms with Crippen LogP contribution in [-0.4, -0.2) is 36.1 Å². The van der Waals surface area contributed by atoms with Crippen molar-refractivity contribution in [2.24, 2.45) is 0 Å². The molecular weight excluding hydrogens is 204 g/mol. The van der Waals surface area contributed by atoms with Crippen molar-refractivity contribution in [3.8, 4) is 0 Å². The maximum Gasteiger partial charge on any atom is 0.458 e. The molecule has 1 aromatic rings. The molecule has 1 aliphatic heterocycles. The Morgan fingerprint density at radius 2 is 2.31 bits per heavy atom. The second-order valence-electron chi connectivity index (χ2n) is 3.96. The zero-order valence-electron chi connectivity index (χ0n) is 9.07. The highest BCUT2D eigenvalue weighted by atomic mass is 16.3. The SMILES string of the molecule is O=[C+]Nc1ccc2c(c1)CN(CCO)CC2. The van der Waals surface area contributed by atoms with E-state index < -0.39 is 0 Å². The molecule has 4 nitrogen and oxygen atoms in total. The Balaban J connectivity index is 2.14. The lowest BCUT2D eigenvalue weighted by Gasteiger charge is -2.27. The fraction of sp³-hybridized carbons (Fsp3) is 0.417. The fourth-order valence-electron chi connectivity index (χ4n) is 2.08. The zero-order chi connectivity index (χ0) is 11.4. The summed E-state index contributed by atoms with van der Waals surface area (Å²) in [6.45, 7) is 2.72. The predicted octanol–water partition coefficient (Wildman–Crippen LogP) is 0.516. The van der Waals surface area contributed by atoms with Crippen molar-refractivity contribution in [2.45, 2.75) is 13.0 Å². The number of aliphatic hydroxyl groups is 1. The molecule has 84 valence electrons. The Morgan fingerprint density at radius 1 is 1.44 bits per heavy atom. The third kappa shape index (κ3) is 2.36. The molecular formula is C12H15N2O2+. The largest absolute Gasteiger partial charge is 0.458 e. The number of rotatable bonds is 4. The second kappa shape index (κ2) is 5.03. The molecule has 0 spiro atoms. The van der Waals surface area contributed by atoms with Crippen LogP contribution < -0.4 is 5.32 Å². The molecule has 0 aliphatic carbocycles. The van der Waals surface area contributed by atoms with E-state index in [0.29, 0.717) is 6.54 Å². The average Bonchev–Trinajstić information content (AvgIpc) is 2.29. The Bertz CT molecular complexity index is 379. The van der Waals surface area contributed by atoms with Crippen LogP contribution in [-0.2, 0) is 17.8 Å². The molecule has 0 fully saturated rings. The van der Waals surface area contributed by atoms with Crippen molar-refractivity contribution in [1.29, 1.82) is 0 Å². The number of nitrogens with zero attached hydrogens (tertiary/aromatic N) is 1. The number of benzene rings is 1.